The van der Waals surface area contributed by atoms with Gasteiger partial charge in [0.05, 0.1) is 11.4 Å². The molecular formula is C21H23N5. The van der Waals surface area contributed by atoms with Crippen LogP contribution in [0, 0.1) is 39.0 Å². The lowest BCUT2D eigenvalue weighted by Crippen LogP contribution is -2.19. The number of nitrogens with zero attached hydrogens (tertiary/aromatic N) is 5. The highest BCUT2D eigenvalue weighted by Crippen LogP contribution is 2.23. The first-order valence-electron chi connectivity index (χ1n) is 8.62. The van der Waals surface area contributed by atoms with Crippen molar-refractivity contribution in [2.75, 3.05) is 11.9 Å². The monoisotopic (exact) mass is 345 g/mol. The van der Waals surface area contributed by atoms with Crippen molar-refractivity contribution < 1.29 is 0 Å². The minimum Gasteiger partial charge on any atom is -0.355 e. The van der Waals surface area contributed by atoms with Crippen LogP contribution in [0.1, 0.15) is 33.8 Å². The molecule has 0 aliphatic rings. The lowest BCUT2D eigenvalue weighted by molar-refractivity contribution is 0.824. The molecule has 132 valence electrons. The van der Waals surface area contributed by atoms with E-state index < -0.39 is 0 Å². The van der Waals surface area contributed by atoms with Gasteiger partial charge in [-0.1, -0.05) is 24.3 Å². The molecule has 0 N–H and O–H groups in total. The maximum Gasteiger partial charge on any atom is 0.145 e. The molecule has 26 heavy (non-hydrogen) atoms. The Labute approximate surface area is 154 Å². The first kappa shape index (κ1) is 17.7. The van der Waals surface area contributed by atoms with E-state index in [1.807, 2.05) is 49.8 Å². The van der Waals surface area contributed by atoms with Crippen LogP contribution in [0.15, 0.2) is 36.4 Å². The first-order valence-corrected chi connectivity index (χ1v) is 8.62. The fourth-order valence-corrected chi connectivity index (χ4v) is 3.10. The van der Waals surface area contributed by atoms with Gasteiger partial charge in [0, 0.05) is 24.8 Å². The Morgan fingerprint density at radius 1 is 1.04 bits per heavy atom. The van der Waals surface area contributed by atoms with Gasteiger partial charge in [-0.3, -0.25) is 0 Å². The molecule has 0 saturated carbocycles. The molecule has 2 aromatic heterocycles. The van der Waals surface area contributed by atoms with Crippen molar-refractivity contribution >= 4 is 5.82 Å². The molecular weight excluding hydrogens is 322 g/mol. The molecule has 5 heteroatoms. The van der Waals surface area contributed by atoms with Crippen LogP contribution in [0.4, 0.5) is 5.82 Å². The predicted octanol–water partition coefficient (Wildman–Crippen LogP) is 4.01. The number of aromatic nitrogens is 3. The Kier molecular flexibility index (Phi) is 4.77. The number of nitriles is 1. The van der Waals surface area contributed by atoms with Gasteiger partial charge in [0.25, 0.3) is 0 Å². The summed E-state index contributed by atoms with van der Waals surface area (Å²) >= 11 is 0. The van der Waals surface area contributed by atoms with Gasteiger partial charge in [0.15, 0.2) is 0 Å². The zero-order chi connectivity index (χ0) is 18.8. The third kappa shape index (κ3) is 3.18. The van der Waals surface area contributed by atoms with Gasteiger partial charge >= 0.3 is 0 Å². The highest BCUT2D eigenvalue weighted by atomic mass is 15.3. The van der Waals surface area contributed by atoms with Crippen molar-refractivity contribution in [3.8, 4) is 11.8 Å². The highest BCUT2D eigenvalue weighted by molar-refractivity contribution is 5.47. The summed E-state index contributed by atoms with van der Waals surface area (Å²) in [7, 11) is 1.99. The van der Waals surface area contributed by atoms with E-state index in [9.17, 15) is 5.26 Å². The molecule has 0 aliphatic heterocycles. The summed E-state index contributed by atoms with van der Waals surface area (Å²) < 4.78 is 2.01. The molecule has 0 bridgehead atoms. The molecule has 2 heterocycles. The molecule has 0 aliphatic carbocycles. The van der Waals surface area contributed by atoms with E-state index in [4.69, 9.17) is 5.10 Å². The van der Waals surface area contributed by atoms with Crippen molar-refractivity contribution in [2.24, 2.45) is 0 Å². The average Bonchev–Trinajstić information content (AvgIpc) is 2.90. The predicted molar refractivity (Wildman–Crippen MR) is 104 cm³/mol. The van der Waals surface area contributed by atoms with Crippen LogP contribution in [-0.2, 0) is 6.54 Å². The van der Waals surface area contributed by atoms with Gasteiger partial charge in [-0.25, -0.2) is 9.67 Å². The second kappa shape index (κ2) is 7.01. The quantitative estimate of drug-likeness (QED) is 0.717. The van der Waals surface area contributed by atoms with Crippen molar-refractivity contribution in [1.82, 2.24) is 14.8 Å². The molecule has 0 unspecified atom stereocenters. The first-order chi connectivity index (χ1) is 12.4. The summed E-state index contributed by atoms with van der Waals surface area (Å²) in [5, 5.41) is 14.0. The molecule has 3 aromatic rings. The van der Waals surface area contributed by atoms with E-state index in [1.165, 1.54) is 11.1 Å². The molecule has 3 rings (SSSR count). The molecule has 1 aromatic carbocycles. The van der Waals surface area contributed by atoms with E-state index in [1.54, 1.807) is 0 Å². The number of pyridine rings is 1. The summed E-state index contributed by atoms with van der Waals surface area (Å²) in [6.45, 7) is 8.81. The van der Waals surface area contributed by atoms with E-state index in [-0.39, 0.29) is 0 Å². The molecule has 5 nitrogen and oxygen atoms in total. The Morgan fingerprint density at radius 3 is 2.46 bits per heavy atom. The fourth-order valence-electron chi connectivity index (χ4n) is 3.10. The molecule has 0 fully saturated rings. The van der Waals surface area contributed by atoms with Crippen molar-refractivity contribution in [3.63, 3.8) is 0 Å². The van der Waals surface area contributed by atoms with Crippen LogP contribution in [0.5, 0.6) is 0 Å². The van der Waals surface area contributed by atoms with Crippen molar-refractivity contribution in [3.05, 3.63) is 70.2 Å². The zero-order valence-electron chi connectivity index (χ0n) is 15.9. The van der Waals surface area contributed by atoms with Crippen LogP contribution in [0.25, 0.3) is 5.69 Å². The van der Waals surface area contributed by atoms with Crippen molar-refractivity contribution in [1.29, 1.82) is 5.26 Å². The van der Waals surface area contributed by atoms with Crippen LogP contribution in [0.3, 0.4) is 0 Å². The lowest BCUT2D eigenvalue weighted by atomic mass is 10.1. The Bertz CT molecular complexity index is 994. The number of rotatable bonds is 4. The molecule has 0 atom stereocenters. The van der Waals surface area contributed by atoms with Crippen LogP contribution in [-0.4, -0.2) is 21.8 Å². The number of anilines is 1. The topological polar surface area (TPSA) is 57.7 Å². The van der Waals surface area contributed by atoms with E-state index in [0.29, 0.717) is 12.2 Å². The number of hydrogen-bond acceptors (Lipinski definition) is 4. The SMILES string of the molecule is Cc1ccccc1-n1nc(C)c(CN(C)c2ccc(C)c(C#N)n2)c1C. The maximum absolute atomic E-state index is 9.21. The minimum atomic E-state index is 0.471. The summed E-state index contributed by atoms with van der Waals surface area (Å²) in [5.41, 5.74) is 6.96. The normalized spacial score (nSPS) is 10.6. The summed E-state index contributed by atoms with van der Waals surface area (Å²) in [6, 6.07) is 14.3. The third-order valence-electron chi connectivity index (χ3n) is 4.76. The van der Waals surface area contributed by atoms with Crippen molar-refractivity contribution in [2.45, 2.75) is 34.2 Å². The summed E-state index contributed by atoms with van der Waals surface area (Å²) in [5.74, 6) is 0.787. The minimum absolute atomic E-state index is 0.471. The largest absolute Gasteiger partial charge is 0.355 e. The number of benzene rings is 1. The van der Waals surface area contributed by atoms with Gasteiger partial charge < -0.3 is 4.90 Å². The fraction of sp³-hybridized carbons (Fsp3) is 0.286. The number of para-hydroxylation sites is 1. The lowest BCUT2D eigenvalue weighted by Gasteiger charge is -2.19. The smallest absolute Gasteiger partial charge is 0.145 e. The number of aryl methyl sites for hydroxylation is 3. The average molecular weight is 345 g/mol. The van der Waals surface area contributed by atoms with Crippen LogP contribution < -0.4 is 4.90 Å². The second-order valence-electron chi connectivity index (χ2n) is 6.65. The van der Waals surface area contributed by atoms with Gasteiger partial charge in [-0.05, 0) is 51.0 Å². The van der Waals surface area contributed by atoms with Gasteiger partial charge in [-0.2, -0.15) is 10.4 Å². The van der Waals surface area contributed by atoms with Gasteiger partial charge in [0.1, 0.15) is 17.6 Å². The zero-order valence-corrected chi connectivity index (χ0v) is 15.9. The Balaban J connectivity index is 1.94. The molecule has 0 radical (unpaired) electrons. The van der Waals surface area contributed by atoms with E-state index in [0.717, 1.165) is 28.5 Å². The van der Waals surface area contributed by atoms with Crippen LogP contribution >= 0.6 is 0 Å². The standard InChI is InChI=1S/C21H23N5/c1-14-10-11-21(23-19(14)12-22)25(5)13-18-16(3)24-26(17(18)4)20-9-7-6-8-15(20)2/h6-11H,13H2,1-5H3. The molecule has 0 saturated heterocycles. The second-order valence-corrected chi connectivity index (χ2v) is 6.65. The molecule has 0 spiro atoms. The maximum atomic E-state index is 9.21. The Morgan fingerprint density at radius 2 is 1.77 bits per heavy atom. The van der Waals surface area contributed by atoms with Gasteiger partial charge in [0.2, 0.25) is 0 Å². The van der Waals surface area contributed by atoms with Gasteiger partial charge in [-0.15, -0.1) is 0 Å². The number of hydrogen-bond donors (Lipinski definition) is 0. The van der Waals surface area contributed by atoms with E-state index >= 15 is 0 Å². The third-order valence-corrected chi connectivity index (χ3v) is 4.76. The van der Waals surface area contributed by atoms with E-state index in [2.05, 4.69) is 41.9 Å². The summed E-state index contributed by atoms with van der Waals surface area (Å²) in [4.78, 5) is 6.52. The highest BCUT2D eigenvalue weighted by Gasteiger charge is 2.16. The molecule has 0 amide bonds. The van der Waals surface area contributed by atoms with Crippen LogP contribution in [0.2, 0.25) is 0 Å². The Hall–Kier alpha value is -3.13. The summed E-state index contributed by atoms with van der Waals surface area (Å²) in [6.07, 6.45) is 0.